The molecule has 8 fully saturated rings. The first-order valence-electron chi connectivity index (χ1n) is 27.4. The molecule has 8 aliphatic carbocycles. The van der Waals surface area contributed by atoms with Crippen LogP contribution < -0.4 is 0 Å². The van der Waals surface area contributed by atoms with Crippen molar-refractivity contribution in [2.45, 2.75) is 276 Å². The van der Waals surface area contributed by atoms with Crippen molar-refractivity contribution in [3.63, 3.8) is 0 Å². The van der Waals surface area contributed by atoms with Gasteiger partial charge in [0.05, 0.1) is 0 Å². The summed E-state index contributed by atoms with van der Waals surface area (Å²) in [6.07, 6.45) is 52.3. The minimum Gasteiger partial charge on any atom is -0.346 e. The van der Waals surface area contributed by atoms with Crippen LogP contribution in [0.3, 0.4) is 0 Å². The summed E-state index contributed by atoms with van der Waals surface area (Å²) in [6.45, 7) is 7.57. The zero-order valence-corrected chi connectivity index (χ0v) is 40.0. The quantitative estimate of drug-likeness (QED) is 0.224. The van der Waals surface area contributed by atoms with Crippen molar-refractivity contribution < 1.29 is 0 Å². The molecule has 0 N–H and O–H groups in total. The molecule has 0 aromatic carbocycles. The van der Waals surface area contributed by atoms with E-state index in [-0.39, 0.29) is 0 Å². The van der Waals surface area contributed by atoms with Gasteiger partial charge in [-0.2, -0.15) is 23.5 Å². The zero-order valence-electron chi connectivity index (χ0n) is 38.4. The normalized spacial score (nSPS) is 43.2. The van der Waals surface area contributed by atoms with Gasteiger partial charge in [0.15, 0.2) is 0 Å². The minimum absolute atomic E-state index is 0.648. The third-order valence-electron chi connectivity index (χ3n) is 20.1. The number of hydrogen-bond donors (Lipinski definition) is 0. The summed E-state index contributed by atoms with van der Waals surface area (Å²) in [5.41, 5.74) is 5.18. The molecular weight excluding hydrogens is 767 g/mol. The van der Waals surface area contributed by atoms with Crippen LogP contribution in [0.2, 0.25) is 0 Å². The van der Waals surface area contributed by atoms with Crippen molar-refractivity contribution in [3.8, 4) is 0 Å². The molecule has 0 radical (unpaired) electrons. The Morgan fingerprint density at radius 2 is 1.18 bits per heavy atom. The maximum Gasteiger partial charge on any atom is 0.0404 e. The summed E-state index contributed by atoms with van der Waals surface area (Å²) in [7, 11) is 0. The fraction of sp³-hybridized carbons (Fsp3) is 0.891. The largest absolute Gasteiger partial charge is 0.346 e. The molecule has 0 aromatic rings. The third kappa shape index (κ3) is 8.15. The van der Waals surface area contributed by atoms with Crippen LogP contribution in [-0.2, 0) is 0 Å². The molecule has 5 heteroatoms. The predicted octanol–water partition coefficient (Wildman–Crippen LogP) is 14.5. The lowest BCUT2D eigenvalue weighted by Gasteiger charge is -2.59. The monoisotopic (exact) mass is 854 g/mol. The van der Waals surface area contributed by atoms with E-state index < -0.39 is 0 Å². The Kier molecular flexibility index (Phi) is 13.3. The van der Waals surface area contributed by atoms with Gasteiger partial charge in [-0.25, -0.2) is 0 Å². The number of nitrogens with zero attached hydrogens (tertiary/aromatic N) is 3. The molecule has 0 spiro atoms. The topological polar surface area (TPSA) is 9.72 Å². The van der Waals surface area contributed by atoms with Crippen molar-refractivity contribution in [2.24, 2.45) is 29.6 Å². The van der Waals surface area contributed by atoms with E-state index in [1.54, 1.807) is 11.4 Å². The van der Waals surface area contributed by atoms with Crippen LogP contribution in [0, 0.1) is 29.6 Å². The molecule has 0 bridgehead atoms. The average Bonchev–Trinajstić information content (AvgIpc) is 3.59. The first-order valence-corrected chi connectivity index (χ1v) is 29.3. The van der Waals surface area contributed by atoms with Crippen LogP contribution in [-0.4, -0.2) is 78.0 Å². The summed E-state index contributed by atoms with van der Waals surface area (Å²) in [6, 6.07) is 5.79. The van der Waals surface area contributed by atoms with Gasteiger partial charge in [-0.3, -0.25) is 9.80 Å². The van der Waals surface area contributed by atoms with Crippen molar-refractivity contribution in [3.05, 3.63) is 35.7 Å². The van der Waals surface area contributed by atoms with E-state index in [2.05, 4.69) is 57.3 Å². The van der Waals surface area contributed by atoms with Gasteiger partial charge in [-0.1, -0.05) is 103 Å². The molecule has 60 heavy (non-hydrogen) atoms. The average molecular weight is 854 g/mol. The van der Waals surface area contributed by atoms with Crippen molar-refractivity contribution in [2.75, 3.05) is 0 Å². The van der Waals surface area contributed by atoms with E-state index in [1.807, 2.05) is 5.57 Å². The highest BCUT2D eigenvalue weighted by molar-refractivity contribution is 8.00. The molecule has 2 saturated heterocycles. The van der Waals surface area contributed by atoms with Crippen LogP contribution in [0.5, 0.6) is 0 Å². The van der Waals surface area contributed by atoms with Crippen LogP contribution in [0.25, 0.3) is 0 Å². The fourth-order valence-corrected chi connectivity index (χ4v) is 21.2. The van der Waals surface area contributed by atoms with E-state index in [0.29, 0.717) is 5.92 Å². The second kappa shape index (κ2) is 18.9. The number of rotatable bonds is 8. The Balaban J connectivity index is 0.798. The van der Waals surface area contributed by atoms with Crippen molar-refractivity contribution >= 4 is 23.5 Å². The maximum atomic E-state index is 5.00. The van der Waals surface area contributed by atoms with Gasteiger partial charge in [-0.15, -0.1) is 0 Å². The number of hydrogen-bond acceptors (Lipinski definition) is 5. The fourth-order valence-electron chi connectivity index (χ4n) is 17.2. The Morgan fingerprint density at radius 3 is 1.93 bits per heavy atom. The standard InChI is InChI=1S/C55H87N3S2/c1-3-38(33-46-37(2)56(42-17-7-4-8-18-42)47-24-14-13-23-45(46)47)39-27-30-50-54(34-39)60-55-36-41(29-32-51(55)58(50)44-21-11-6-12-22-44)40-28-31-49-53(35-40)59-52-26-16-15-25-48(52)57(49)43-19-9-5-10-20-43/h28,31,38-44,46,48-55H,2-27,29-30,32-36H2,1H3. The molecule has 3 aliphatic heterocycles. The van der Waals surface area contributed by atoms with Crippen LogP contribution >= 0.6 is 23.5 Å². The van der Waals surface area contributed by atoms with Crippen LogP contribution in [0.1, 0.15) is 212 Å². The van der Waals surface area contributed by atoms with Gasteiger partial charge in [0, 0.05) is 80.6 Å². The van der Waals surface area contributed by atoms with Gasteiger partial charge in [0.25, 0.3) is 0 Å². The Morgan fingerprint density at radius 1 is 0.567 bits per heavy atom. The predicted molar refractivity (Wildman–Crippen MR) is 259 cm³/mol. The summed E-state index contributed by atoms with van der Waals surface area (Å²) < 4.78 is 0. The first-order chi connectivity index (χ1) is 29.6. The summed E-state index contributed by atoms with van der Waals surface area (Å²) in [5, 5.41) is 3.49. The lowest BCUT2D eigenvalue weighted by molar-refractivity contribution is -0.00203. The second-order valence-electron chi connectivity index (χ2n) is 23.1. The van der Waals surface area contributed by atoms with E-state index in [4.69, 9.17) is 6.58 Å². The van der Waals surface area contributed by atoms with Gasteiger partial charge in [0.1, 0.15) is 0 Å². The van der Waals surface area contributed by atoms with E-state index in [9.17, 15) is 0 Å². The van der Waals surface area contributed by atoms with Crippen LogP contribution in [0.4, 0.5) is 0 Å². The van der Waals surface area contributed by atoms with Gasteiger partial charge in [-0.05, 0) is 158 Å². The van der Waals surface area contributed by atoms with E-state index in [1.165, 1.54) is 205 Å². The van der Waals surface area contributed by atoms with Gasteiger partial charge >= 0.3 is 0 Å². The van der Waals surface area contributed by atoms with Crippen LogP contribution in [0.15, 0.2) is 35.7 Å². The molecule has 3 heterocycles. The minimum atomic E-state index is 0.648. The second-order valence-corrected chi connectivity index (χ2v) is 26.1. The number of allylic oxidation sites excluding steroid dienone is 3. The molecular formula is C55H87N3S2. The summed E-state index contributed by atoms with van der Waals surface area (Å²) in [4.78, 5) is 9.40. The molecule has 0 aromatic heterocycles. The molecule has 3 nitrogen and oxygen atoms in total. The number of thioether (sulfide) groups is 2. The van der Waals surface area contributed by atoms with E-state index >= 15 is 0 Å². The smallest absolute Gasteiger partial charge is 0.0404 e. The highest BCUT2D eigenvalue weighted by atomic mass is 32.2. The number of fused-ring (bicyclic) bond motifs is 4. The molecule has 13 atom stereocenters. The lowest BCUT2D eigenvalue weighted by atomic mass is 9.70. The Hall–Kier alpha value is -0.360. The molecule has 0 amide bonds. The Labute approximate surface area is 377 Å². The molecule has 11 rings (SSSR count). The molecule has 13 unspecified atom stereocenters. The maximum absolute atomic E-state index is 5.00. The zero-order chi connectivity index (χ0) is 40.2. The Bertz CT molecular complexity index is 1540. The third-order valence-corrected chi connectivity index (χ3v) is 23.5. The highest BCUT2D eigenvalue weighted by Crippen LogP contribution is 2.56. The van der Waals surface area contributed by atoms with Crippen molar-refractivity contribution in [1.29, 1.82) is 0 Å². The first kappa shape index (κ1) is 42.3. The molecule has 334 valence electrons. The van der Waals surface area contributed by atoms with E-state index in [0.717, 1.165) is 87.0 Å². The summed E-state index contributed by atoms with van der Waals surface area (Å²) >= 11 is 5.09. The summed E-state index contributed by atoms with van der Waals surface area (Å²) in [5.74, 6) is 4.16. The lowest BCUT2D eigenvalue weighted by Crippen LogP contribution is -2.63. The SMILES string of the molecule is C=C1C(CC(CC)C2CCC3C(C2)SC2CC(C4C=CC5C(C4)SC4CCCCC4N5C4CCCCC4)CCC2N3C2CCCCC2)C2=C(CCCC2)N1C1CCCCC1. The molecule has 6 saturated carbocycles. The van der Waals surface area contributed by atoms with Gasteiger partial charge < -0.3 is 4.90 Å². The highest BCUT2D eigenvalue weighted by Gasteiger charge is 2.53. The molecule has 11 aliphatic rings. The van der Waals surface area contributed by atoms with Gasteiger partial charge in [0.2, 0.25) is 0 Å². The van der Waals surface area contributed by atoms with Crippen molar-refractivity contribution in [1.82, 2.24) is 14.7 Å².